The number of thioether (sulfide) groups is 1. The fourth-order valence-corrected chi connectivity index (χ4v) is 3.92. The van der Waals surface area contributed by atoms with Gasteiger partial charge in [-0.1, -0.05) is 19.1 Å². The molecule has 0 aliphatic heterocycles. The predicted molar refractivity (Wildman–Crippen MR) is 77.9 cm³/mol. The van der Waals surface area contributed by atoms with Gasteiger partial charge in [0.15, 0.2) is 0 Å². The van der Waals surface area contributed by atoms with E-state index in [0.717, 1.165) is 10.6 Å². The van der Waals surface area contributed by atoms with E-state index in [4.69, 9.17) is 11.6 Å². The topological polar surface area (TPSA) is 37.4 Å². The highest BCUT2D eigenvalue weighted by atomic mass is 35.5. The molecule has 18 heavy (non-hydrogen) atoms. The third-order valence-electron chi connectivity index (χ3n) is 2.39. The van der Waals surface area contributed by atoms with E-state index in [1.807, 2.05) is 19.1 Å². The molecule has 1 aromatic rings. The van der Waals surface area contributed by atoms with Gasteiger partial charge in [0.2, 0.25) is 10.0 Å². The zero-order valence-corrected chi connectivity index (χ0v) is 13.1. The van der Waals surface area contributed by atoms with Crippen molar-refractivity contribution in [2.75, 3.05) is 25.7 Å². The molecular weight excluding hydrogens is 290 g/mol. The number of alkyl halides is 1. The first-order valence-corrected chi connectivity index (χ1v) is 8.56. The van der Waals surface area contributed by atoms with Crippen molar-refractivity contribution >= 4 is 33.4 Å². The summed E-state index contributed by atoms with van der Waals surface area (Å²) >= 11 is 7.29. The lowest BCUT2D eigenvalue weighted by molar-refractivity contribution is 0.518. The van der Waals surface area contributed by atoms with Gasteiger partial charge >= 0.3 is 0 Å². The third-order valence-corrected chi connectivity index (χ3v) is 6.33. The van der Waals surface area contributed by atoms with Crippen LogP contribution >= 0.6 is 23.4 Å². The predicted octanol–water partition coefficient (Wildman–Crippen LogP) is 2.90. The molecule has 0 aromatic heterocycles. The minimum absolute atomic E-state index is 0.354. The van der Waals surface area contributed by atoms with Crippen LogP contribution < -0.4 is 0 Å². The smallest absolute Gasteiger partial charge is 0.207 e. The van der Waals surface area contributed by atoms with Gasteiger partial charge in [0.05, 0.1) is 4.90 Å². The van der Waals surface area contributed by atoms with E-state index in [9.17, 15) is 8.42 Å². The van der Waals surface area contributed by atoms with Crippen molar-refractivity contribution in [3.63, 3.8) is 0 Å². The SMILES string of the molecule is CC(CCl)CSc1ccccc1S(=O)(=O)N(C)C. The molecule has 0 amide bonds. The van der Waals surface area contributed by atoms with Crippen molar-refractivity contribution in [3.8, 4) is 0 Å². The molecule has 1 aromatic carbocycles. The number of hydrogen-bond donors (Lipinski definition) is 0. The average Bonchev–Trinajstić information content (AvgIpc) is 2.35. The van der Waals surface area contributed by atoms with Crippen LogP contribution in [0.5, 0.6) is 0 Å². The maximum Gasteiger partial charge on any atom is 0.243 e. The summed E-state index contributed by atoms with van der Waals surface area (Å²) in [5.74, 6) is 1.74. The second kappa shape index (κ2) is 6.80. The number of nitrogens with zero attached hydrogens (tertiary/aromatic N) is 1. The van der Waals surface area contributed by atoms with Crippen molar-refractivity contribution in [1.29, 1.82) is 0 Å². The van der Waals surface area contributed by atoms with Gasteiger partial charge in [-0.15, -0.1) is 23.4 Å². The number of rotatable bonds is 6. The van der Waals surface area contributed by atoms with Crippen molar-refractivity contribution < 1.29 is 8.42 Å². The summed E-state index contributed by atoms with van der Waals surface area (Å²) in [6, 6.07) is 7.07. The second-order valence-corrected chi connectivity index (χ2v) is 7.80. The zero-order valence-electron chi connectivity index (χ0n) is 10.8. The molecule has 6 heteroatoms. The van der Waals surface area contributed by atoms with E-state index in [2.05, 4.69) is 0 Å². The summed E-state index contributed by atoms with van der Waals surface area (Å²) in [5.41, 5.74) is 0. The highest BCUT2D eigenvalue weighted by Gasteiger charge is 2.21. The van der Waals surface area contributed by atoms with Crippen LogP contribution in [0, 0.1) is 5.92 Å². The van der Waals surface area contributed by atoms with Crippen LogP contribution in [0.3, 0.4) is 0 Å². The molecule has 3 nitrogen and oxygen atoms in total. The van der Waals surface area contributed by atoms with Crippen LogP contribution in [0.25, 0.3) is 0 Å². The lowest BCUT2D eigenvalue weighted by Crippen LogP contribution is -2.22. The third kappa shape index (κ3) is 3.88. The van der Waals surface area contributed by atoms with Crippen molar-refractivity contribution in [3.05, 3.63) is 24.3 Å². The van der Waals surface area contributed by atoms with Gasteiger partial charge in [-0.2, -0.15) is 0 Å². The van der Waals surface area contributed by atoms with Crippen LogP contribution in [-0.2, 0) is 10.0 Å². The van der Waals surface area contributed by atoms with Crippen LogP contribution in [0.1, 0.15) is 6.92 Å². The van der Waals surface area contributed by atoms with E-state index < -0.39 is 10.0 Å². The Hall–Kier alpha value is -0.230. The maximum absolute atomic E-state index is 12.2. The minimum atomic E-state index is -3.38. The lowest BCUT2D eigenvalue weighted by Gasteiger charge is -2.15. The summed E-state index contributed by atoms with van der Waals surface area (Å²) < 4.78 is 25.5. The lowest BCUT2D eigenvalue weighted by atomic mass is 10.3. The maximum atomic E-state index is 12.2. The Kier molecular flexibility index (Phi) is 5.98. The molecule has 0 saturated carbocycles. The Labute approximate surface area is 119 Å². The molecule has 0 aliphatic rings. The van der Waals surface area contributed by atoms with E-state index in [1.165, 1.54) is 30.2 Å². The fraction of sp³-hybridized carbons (Fsp3) is 0.500. The van der Waals surface area contributed by atoms with Gasteiger partial charge in [-0.25, -0.2) is 12.7 Å². The molecule has 1 atom stereocenters. The highest BCUT2D eigenvalue weighted by Crippen LogP contribution is 2.29. The van der Waals surface area contributed by atoms with Crippen LogP contribution in [0.4, 0.5) is 0 Å². The molecule has 102 valence electrons. The monoisotopic (exact) mass is 307 g/mol. The van der Waals surface area contributed by atoms with Gasteiger partial charge in [0.25, 0.3) is 0 Å². The van der Waals surface area contributed by atoms with E-state index >= 15 is 0 Å². The first-order valence-electron chi connectivity index (χ1n) is 5.60. The first-order chi connectivity index (χ1) is 8.39. The summed E-state index contributed by atoms with van der Waals surface area (Å²) in [4.78, 5) is 1.14. The summed E-state index contributed by atoms with van der Waals surface area (Å²) in [6.45, 7) is 2.04. The molecule has 0 heterocycles. The van der Waals surface area contributed by atoms with E-state index in [-0.39, 0.29) is 0 Å². The van der Waals surface area contributed by atoms with Gasteiger partial charge in [-0.05, 0) is 18.1 Å². The molecule has 0 N–H and O–H groups in total. The molecule has 0 bridgehead atoms. The number of sulfonamides is 1. The Morgan fingerprint density at radius 2 is 1.94 bits per heavy atom. The molecule has 0 aliphatic carbocycles. The quantitative estimate of drug-likeness (QED) is 0.599. The van der Waals surface area contributed by atoms with Crippen molar-refractivity contribution in [1.82, 2.24) is 4.31 Å². The Bertz CT molecular complexity index is 489. The van der Waals surface area contributed by atoms with Gasteiger partial charge in [-0.3, -0.25) is 0 Å². The van der Waals surface area contributed by atoms with Crippen LogP contribution in [0.15, 0.2) is 34.1 Å². The Morgan fingerprint density at radius 3 is 2.50 bits per heavy atom. The van der Waals surface area contributed by atoms with Crippen molar-refractivity contribution in [2.24, 2.45) is 5.92 Å². The zero-order chi connectivity index (χ0) is 13.8. The standard InChI is InChI=1S/C12H18ClNO2S2/c1-10(8-13)9-17-11-6-4-5-7-12(11)18(15,16)14(2)3/h4-7,10H,8-9H2,1-3H3. The number of hydrogen-bond acceptors (Lipinski definition) is 3. The summed E-state index contributed by atoms with van der Waals surface area (Å²) in [5, 5.41) is 0. The minimum Gasteiger partial charge on any atom is -0.207 e. The molecular formula is C12H18ClNO2S2. The number of halogens is 1. The van der Waals surface area contributed by atoms with Gasteiger partial charge in [0.1, 0.15) is 0 Å². The van der Waals surface area contributed by atoms with Crippen LogP contribution in [-0.4, -0.2) is 38.5 Å². The number of benzene rings is 1. The average molecular weight is 308 g/mol. The molecule has 1 rings (SSSR count). The van der Waals surface area contributed by atoms with Crippen LogP contribution in [0.2, 0.25) is 0 Å². The highest BCUT2D eigenvalue weighted by molar-refractivity contribution is 8.00. The van der Waals surface area contributed by atoms with Gasteiger partial charge in [0, 0.05) is 30.6 Å². The summed E-state index contributed by atoms with van der Waals surface area (Å²) in [7, 11) is -0.303. The first kappa shape index (κ1) is 15.8. The van der Waals surface area contributed by atoms with Crippen molar-refractivity contribution in [2.45, 2.75) is 16.7 Å². The van der Waals surface area contributed by atoms with E-state index in [0.29, 0.717) is 16.7 Å². The van der Waals surface area contributed by atoms with Gasteiger partial charge < -0.3 is 0 Å². The fourth-order valence-electron chi connectivity index (χ4n) is 1.26. The Balaban J connectivity index is 3.01. The molecule has 0 fully saturated rings. The molecule has 0 spiro atoms. The van der Waals surface area contributed by atoms with E-state index in [1.54, 1.807) is 12.1 Å². The Morgan fingerprint density at radius 1 is 1.33 bits per heavy atom. The largest absolute Gasteiger partial charge is 0.243 e. The summed E-state index contributed by atoms with van der Waals surface area (Å²) in [6.07, 6.45) is 0. The molecule has 0 radical (unpaired) electrons. The normalized spacial score (nSPS) is 13.8. The molecule has 0 saturated heterocycles. The molecule has 1 unspecified atom stereocenters. The second-order valence-electron chi connectivity index (χ2n) is 4.30.